The first-order valence-electron chi connectivity index (χ1n) is 11.3. The summed E-state index contributed by atoms with van der Waals surface area (Å²) in [7, 11) is 0. The van der Waals surface area contributed by atoms with E-state index in [1.807, 2.05) is 23.4 Å². The van der Waals surface area contributed by atoms with Crippen LogP contribution in [0.4, 0.5) is 0 Å². The van der Waals surface area contributed by atoms with Crippen LogP contribution in [0.15, 0.2) is 54.6 Å². The predicted octanol–water partition coefficient (Wildman–Crippen LogP) is 4.37. The van der Waals surface area contributed by atoms with Crippen molar-refractivity contribution >= 4 is 18.3 Å². The van der Waals surface area contributed by atoms with Gasteiger partial charge in [0, 0.05) is 12.3 Å². The Balaban J connectivity index is 0.00000245. The molecule has 1 spiro atoms. The Labute approximate surface area is 195 Å². The number of halogens is 1. The van der Waals surface area contributed by atoms with Gasteiger partial charge in [-0.1, -0.05) is 59.8 Å². The van der Waals surface area contributed by atoms with Gasteiger partial charge in [0.2, 0.25) is 5.91 Å². The van der Waals surface area contributed by atoms with Crippen molar-refractivity contribution in [1.29, 1.82) is 0 Å². The third-order valence-electron chi connectivity index (χ3n) is 7.36. The molecule has 6 nitrogen and oxygen atoms in total. The number of benzene rings is 2. The highest BCUT2D eigenvalue weighted by Gasteiger charge is 2.49. The van der Waals surface area contributed by atoms with E-state index in [4.69, 9.17) is 15.4 Å². The van der Waals surface area contributed by atoms with Gasteiger partial charge in [0.15, 0.2) is 0 Å². The van der Waals surface area contributed by atoms with Crippen LogP contribution in [-0.4, -0.2) is 22.8 Å². The number of hydroxylamine groups is 1. The minimum Gasteiger partial charge on any atom is -0.369 e. The number of nitrogens with two attached hydrogens (primary N) is 1. The maximum atomic E-state index is 11.3. The van der Waals surface area contributed by atoms with Crippen LogP contribution in [-0.2, 0) is 20.9 Å². The van der Waals surface area contributed by atoms with Crippen LogP contribution in [0.25, 0.3) is 0 Å². The normalized spacial score (nSPS) is 34.0. The summed E-state index contributed by atoms with van der Waals surface area (Å²) in [5.41, 5.74) is 11.8. The van der Waals surface area contributed by atoms with Crippen LogP contribution in [0.1, 0.15) is 67.7 Å². The van der Waals surface area contributed by atoms with Gasteiger partial charge in [0.25, 0.3) is 0 Å². The summed E-state index contributed by atoms with van der Waals surface area (Å²) in [5, 5.41) is 1.82. The molecule has 3 N–H and O–H groups in total. The van der Waals surface area contributed by atoms with Crippen molar-refractivity contribution < 1.29 is 14.5 Å². The van der Waals surface area contributed by atoms with E-state index >= 15 is 0 Å². The van der Waals surface area contributed by atoms with Gasteiger partial charge in [-0.05, 0) is 55.2 Å². The molecule has 32 heavy (non-hydrogen) atoms. The average Bonchev–Trinajstić information content (AvgIpc) is 2.78. The Hall–Kier alpha value is -1.96. The summed E-state index contributed by atoms with van der Waals surface area (Å²) >= 11 is 0. The highest BCUT2D eigenvalue weighted by molar-refractivity contribution is 5.85. The molecule has 8 rings (SSSR count). The zero-order valence-corrected chi connectivity index (χ0v) is 19.2. The van der Waals surface area contributed by atoms with Crippen LogP contribution in [0.2, 0.25) is 0 Å². The van der Waals surface area contributed by atoms with Gasteiger partial charge in [-0.15, -0.1) is 18.0 Å². The number of amides is 1. The van der Waals surface area contributed by atoms with Crippen molar-refractivity contribution in [3.8, 4) is 0 Å². The SMILES string of the molecule is CC1ON2NOC3(CCC(CC3)C1c1ccc(CC(N)=O)cc1)CC2c1ccccc1.Cl. The predicted molar refractivity (Wildman–Crippen MR) is 124 cm³/mol. The monoisotopic (exact) mass is 457 g/mol. The molecule has 5 saturated heterocycles. The number of primary amides is 1. The Morgan fingerprint density at radius 3 is 2.44 bits per heavy atom. The molecule has 5 aliphatic heterocycles. The lowest BCUT2D eigenvalue weighted by atomic mass is 9.68. The summed E-state index contributed by atoms with van der Waals surface area (Å²) in [6, 6.07) is 19.0. The van der Waals surface area contributed by atoms with E-state index in [-0.39, 0.29) is 48.4 Å². The fourth-order valence-corrected chi connectivity index (χ4v) is 5.77. The lowest BCUT2D eigenvalue weighted by molar-refractivity contribution is -0.384. The second-order valence-electron chi connectivity index (χ2n) is 9.39. The van der Waals surface area contributed by atoms with Gasteiger partial charge in [-0.25, -0.2) is 0 Å². The van der Waals surface area contributed by atoms with Crippen molar-refractivity contribution in [2.24, 2.45) is 11.7 Å². The molecule has 1 amide bonds. The van der Waals surface area contributed by atoms with E-state index in [0.29, 0.717) is 5.92 Å². The summed E-state index contributed by atoms with van der Waals surface area (Å²) < 4.78 is 0. The van der Waals surface area contributed by atoms with Crippen LogP contribution in [0.3, 0.4) is 0 Å². The number of nitrogens with one attached hydrogen (secondary N) is 1. The van der Waals surface area contributed by atoms with E-state index in [0.717, 1.165) is 37.7 Å². The number of rotatable bonds is 4. The molecule has 4 unspecified atom stereocenters. The van der Waals surface area contributed by atoms with E-state index in [9.17, 15) is 4.79 Å². The van der Waals surface area contributed by atoms with E-state index < -0.39 is 0 Å². The van der Waals surface area contributed by atoms with E-state index in [2.05, 4.69) is 48.9 Å². The first-order chi connectivity index (χ1) is 15.0. The van der Waals surface area contributed by atoms with Crippen LogP contribution in [0, 0.1) is 5.92 Å². The number of carbonyl (C=O) groups excluding carboxylic acids is 1. The number of hydrogen-bond acceptors (Lipinski definition) is 5. The van der Waals surface area contributed by atoms with Crippen molar-refractivity contribution in [2.45, 2.75) is 69.1 Å². The second-order valence-corrected chi connectivity index (χ2v) is 9.39. The molecule has 2 aromatic rings. The maximum absolute atomic E-state index is 11.3. The van der Waals surface area contributed by atoms with Gasteiger partial charge in [-0.3, -0.25) is 14.5 Å². The summed E-state index contributed by atoms with van der Waals surface area (Å²) in [4.78, 5) is 24.0. The molecule has 5 heterocycles. The molecule has 1 aliphatic carbocycles. The molecule has 3 bridgehead atoms. The quantitative estimate of drug-likeness (QED) is 0.713. The Morgan fingerprint density at radius 2 is 1.78 bits per heavy atom. The average molecular weight is 458 g/mol. The molecular weight excluding hydrogens is 426 g/mol. The number of carbonyl (C=O) groups is 1. The van der Waals surface area contributed by atoms with Crippen LogP contribution >= 0.6 is 12.4 Å². The first kappa shape index (κ1) is 23.2. The Bertz CT molecular complexity index is 916. The van der Waals surface area contributed by atoms with Gasteiger partial charge in [0.05, 0.1) is 24.2 Å². The maximum Gasteiger partial charge on any atom is 0.221 e. The highest BCUT2D eigenvalue weighted by Crippen LogP contribution is 2.50. The Morgan fingerprint density at radius 1 is 1.09 bits per heavy atom. The van der Waals surface area contributed by atoms with Crippen molar-refractivity contribution in [3.05, 3.63) is 71.3 Å². The molecular formula is C25H32ClN3O3. The number of hydrazine groups is 1. The molecule has 1 saturated carbocycles. The molecule has 0 radical (unpaired) electrons. The van der Waals surface area contributed by atoms with Crippen molar-refractivity contribution in [2.75, 3.05) is 0 Å². The lowest BCUT2D eigenvalue weighted by Gasteiger charge is -2.52. The fourth-order valence-electron chi connectivity index (χ4n) is 5.77. The lowest BCUT2D eigenvalue weighted by Crippen LogP contribution is -2.58. The van der Waals surface area contributed by atoms with Gasteiger partial charge in [0.1, 0.15) is 0 Å². The van der Waals surface area contributed by atoms with Gasteiger partial charge >= 0.3 is 0 Å². The van der Waals surface area contributed by atoms with Crippen molar-refractivity contribution in [3.63, 3.8) is 0 Å². The largest absolute Gasteiger partial charge is 0.369 e. The topological polar surface area (TPSA) is 76.8 Å². The minimum atomic E-state index is -0.303. The smallest absolute Gasteiger partial charge is 0.221 e. The van der Waals surface area contributed by atoms with E-state index in [1.165, 1.54) is 11.1 Å². The highest BCUT2D eigenvalue weighted by atomic mass is 35.5. The molecule has 0 aromatic heterocycles. The van der Waals surface area contributed by atoms with Gasteiger partial charge < -0.3 is 5.73 Å². The zero-order chi connectivity index (χ0) is 21.4. The molecule has 2 aromatic carbocycles. The molecule has 6 fully saturated rings. The standard InChI is InChI=1S/C25H31N3O3.ClH/c1-17-24(20-9-7-18(8-10-20)15-23(26)29)21-11-13-25(14-12-21)16-22(28(30-17)27-31-25)19-5-3-2-4-6-19;/h2-10,17,21-22,24,27H,11-16H2,1H3,(H2,26,29);1H. The third kappa shape index (κ3) is 4.56. The van der Waals surface area contributed by atoms with E-state index in [1.54, 1.807) is 0 Å². The summed E-state index contributed by atoms with van der Waals surface area (Å²) in [6.45, 7) is 2.16. The summed E-state index contributed by atoms with van der Waals surface area (Å²) in [6.07, 6.45) is 5.50. The first-order valence-corrected chi connectivity index (χ1v) is 11.3. The second kappa shape index (κ2) is 9.49. The third-order valence-corrected chi connectivity index (χ3v) is 7.36. The molecule has 4 atom stereocenters. The Kier molecular flexibility index (Phi) is 6.89. The summed E-state index contributed by atoms with van der Waals surface area (Å²) in [5.74, 6) is 0.516. The van der Waals surface area contributed by atoms with Crippen molar-refractivity contribution in [1.82, 2.24) is 10.8 Å². The molecule has 6 aliphatic rings. The zero-order valence-electron chi connectivity index (χ0n) is 18.4. The minimum absolute atomic E-state index is 0. The van der Waals surface area contributed by atoms with Gasteiger partial charge in [-0.2, -0.15) is 0 Å². The molecule has 172 valence electrons. The number of nitrogens with zero attached hydrogens (tertiary/aromatic N) is 1. The van der Waals surface area contributed by atoms with Crippen LogP contribution < -0.4 is 11.3 Å². The number of hydrogen-bond donors (Lipinski definition) is 2. The molecule has 7 heteroatoms. The fraction of sp³-hybridized carbons (Fsp3) is 0.480. The van der Waals surface area contributed by atoms with Crippen LogP contribution in [0.5, 0.6) is 0 Å².